The molecule has 2 heterocycles. The maximum Gasteiger partial charge on any atom is 0.312 e. The number of carbonyl (C=O) groups is 2. The minimum Gasteiger partial charge on any atom is -0.462 e. The molecule has 1 spiro atoms. The predicted molar refractivity (Wildman–Crippen MR) is 109 cm³/mol. The highest BCUT2D eigenvalue weighted by Crippen LogP contribution is 2.48. The molecule has 152 valence electrons. The Hall–Kier alpha value is -2.08. The fourth-order valence-electron chi connectivity index (χ4n) is 5.04. The van der Waals surface area contributed by atoms with Gasteiger partial charge in [-0.1, -0.05) is 25.0 Å². The van der Waals surface area contributed by atoms with E-state index in [4.69, 9.17) is 4.74 Å². The summed E-state index contributed by atoms with van der Waals surface area (Å²) >= 11 is 0. The van der Waals surface area contributed by atoms with Crippen LogP contribution >= 0.6 is 0 Å². The van der Waals surface area contributed by atoms with E-state index >= 15 is 0 Å². The quantitative estimate of drug-likeness (QED) is 0.790. The lowest BCUT2D eigenvalue weighted by molar-refractivity contribution is -0.148. The number of nitrogens with zero attached hydrogens (tertiary/aromatic N) is 2. The number of nitrogens with one attached hydrogen (secondary N) is 1. The van der Waals surface area contributed by atoms with Crippen molar-refractivity contribution >= 4 is 23.3 Å². The first kappa shape index (κ1) is 19.2. The van der Waals surface area contributed by atoms with E-state index in [1.165, 1.54) is 12.8 Å². The highest BCUT2D eigenvalue weighted by molar-refractivity contribution is 5.92. The second-order valence-electron chi connectivity index (χ2n) is 8.53. The molecule has 1 saturated carbocycles. The molecule has 1 amide bonds. The van der Waals surface area contributed by atoms with Gasteiger partial charge < -0.3 is 15.0 Å². The monoisotopic (exact) mass is 385 g/mol. The molecule has 2 saturated heterocycles. The number of anilines is 2. The second kappa shape index (κ2) is 8.11. The number of carbonyl (C=O) groups excluding carboxylic acids is 2. The number of cyclic esters (lactones) is 1. The Morgan fingerprint density at radius 3 is 2.61 bits per heavy atom. The van der Waals surface area contributed by atoms with Crippen molar-refractivity contribution in [3.05, 3.63) is 24.3 Å². The van der Waals surface area contributed by atoms with Gasteiger partial charge in [-0.05, 0) is 31.4 Å². The van der Waals surface area contributed by atoms with Crippen LogP contribution in [0.15, 0.2) is 24.3 Å². The SMILES string of the molecule is CC(=O)Nc1ccccc1N1CCN(CCC2CC3(CCCC3)C(=O)O2)CC1. The highest BCUT2D eigenvalue weighted by Gasteiger charge is 2.50. The van der Waals surface area contributed by atoms with Crippen LogP contribution in [0.2, 0.25) is 0 Å². The summed E-state index contributed by atoms with van der Waals surface area (Å²) < 4.78 is 5.72. The van der Waals surface area contributed by atoms with Crippen molar-refractivity contribution in [1.29, 1.82) is 0 Å². The highest BCUT2D eigenvalue weighted by atomic mass is 16.6. The predicted octanol–water partition coefficient (Wildman–Crippen LogP) is 3.03. The first-order valence-electron chi connectivity index (χ1n) is 10.6. The van der Waals surface area contributed by atoms with Crippen molar-refractivity contribution in [2.75, 3.05) is 42.9 Å². The number of benzene rings is 1. The third-order valence-corrected chi connectivity index (χ3v) is 6.58. The lowest BCUT2D eigenvalue weighted by Gasteiger charge is -2.37. The van der Waals surface area contributed by atoms with Crippen LogP contribution in [-0.2, 0) is 14.3 Å². The van der Waals surface area contributed by atoms with Gasteiger partial charge in [-0.3, -0.25) is 14.5 Å². The molecule has 0 bridgehead atoms. The number of para-hydroxylation sites is 2. The molecule has 2 aliphatic heterocycles. The number of ether oxygens (including phenoxy) is 1. The molecular formula is C22H31N3O3. The summed E-state index contributed by atoms with van der Waals surface area (Å²) in [4.78, 5) is 28.6. The van der Waals surface area contributed by atoms with Gasteiger partial charge in [0.05, 0.1) is 16.8 Å². The molecule has 6 nitrogen and oxygen atoms in total. The van der Waals surface area contributed by atoms with Gasteiger partial charge in [0.1, 0.15) is 6.10 Å². The van der Waals surface area contributed by atoms with Crippen molar-refractivity contribution in [3.8, 4) is 0 Å². The van der Waals surface area contributed by atoms with Crippen LogP contribution in [0.25, 0.3) is 0 Å². The summed E-state index contributed by atoms with van der Waals surface area (Å²) in [5, 5.41) is 2.93. The maximum atomic E-state index is 12.3. The molecule has 0 radical (unpaired) electrons. The molecule has 28 heavy (non-hydrogen) atoms. The average Bonchev–Trinajstić information content (AvgIpc) is 3.28. The zero-order valence-corrected chi connectivity index (χ0v) is 16.8. The normalized spacial score (nSPS) is 24.5. The summed E-state index contributed by atoms with van der Waals surface area (Å²) in [6, 6.07) is 7.99. The van der Waals surface area contributed by atoms with E-state index in [-0.39, 0.29) is 23.4 Å². The summed E-state index contributed by atoms with van der Waals surface area (Å²) in [5.41, 5.74) is 1.82. The van der Waals surface area contributed by atoms with Gasteiger partial charge in [0.25, 0.3) is 0 Å². The smallest absolute Gasteiger partial charge is 0.312 e. The Labute approximate surface area is 167 Å². The molecule has 6 heteroatoms. The van der Waals surface area contributed by atoms with E-state index in [0.29, 0.717) is 0 Å². The second-order valence-corrected chi connectivity index (χ2v) is 8.53. The van der Waals surface area contributed by atoms with Crippen LogP contribution in [0.1, 0.15) is 45.4 Å². The molecule has 1 unspecified atom stereocenters. The summed E-state index contributed by atoms with van der Waals surface area (Å²) in [6.45, 7) is 6.37. The number of esters is 1. The van der Waals surface area contributed by atoms with E-state index in [2.05, 4.69) is 21.2 Å². The van der Waals surface area contributed by atoms with Gasteiger partial charge in [-0.15, -0.1) is 0 Å². The molecule has 1 aromatic rings. The van der Waals surface area contributed by atoms with Crippen LogP contribution < -0.4 is 10.2 Å². The van der Waals surface area contributed by atoms with Crippen molar-refractivity contribution in [3.63, 3.8) is 0 Å². The molecule has 1 aromatic carbocycles. The average molecular weight is 386 g/mol. The van der Waals surface area contributed by atoms with Crippen LogP contribution in [-0.4, -0.2) is 55.6 Å². The van der Waals surface area contributed by atoms with E-state index in [1.54, 1.807) is 6.92 Å². The van der Waals surface area contributed by atoms with Crippen LogP contribution in [0.4, 0.5) is 11.4 Å². The maximum absolute atomic E-state index is 12.3. The largest absolute Gasteiger partial charge is 0.462 e. The van der Waals surface area contributed by atoms with Crippen molar-refractivity contribution < 1.29 is 14.3 Å². The van der Waals surface area contributed by atoms with Crippen LogP contribution in [0.3, 0.4) is 0 Å². The van der Waals surface area contributed by atoms with Gasteiger partial charge in [0.2, 0.25) is 5.91 Å². The zero-order chi connectivity index (χ0) is 19.6. The molecular weight excluding hydrogens is 354 g/mol. The molecule has 3 fully saturated rings. The third-order valence-electron chi connectivity index (χ3n) is 6.58. The lowest BCUT2D eigenvalue weighted by atomic mass is 9.83. The number of hydrogen-bond acceptors (Lipinski definition) is 5. The lowest BCUT2D eigenvalue weighted by Crippen LogP contribution is -2.47. The number of hydrogen-bond donors (Lipinski definition) is 1. The van der Waals surface area contributed by atoms with Gasteiger partial charge in [-0.25, -0.2) is 0 Å². The first-order valence-corrected chi connectivity index (χ1v) is 10.6. The fourth-order valence-corrected chi connectivity index (χ4v) is 5.04. The van der Waals surface area contributed by atoms with Crippen molar-refractivity contribution in [2.45, 2.75) is 51.6 Å². The Morgan fingerprint density at radius 1 is 1.18 bits per heavy atom. The standard InChI is InChI=1S/C22H31N3O3/c1-17(26)23-19-6-2-3-7-20(19)25-14-12-24(13-15-25)11-8-18-16-22(21(27)28-18)9-4-5-10-22/h2-3,6-7,18H,4-5,8-16H2,1H3,(H,23,26). The minimum atomic E-state index is -0.142. The van der Waals surface area contributed by atoms with Gasteiger partial charge >= 0.3 is 5.97 Å². The van der Waals surface area contributed by atoms with Crippen molar-refractivity contribution in [1.82, 2.24) is 4.90 Å². The molecule has 4 rings (SSSR count). The van der Waals surface area contributed by atoms with Gasteiger partial charge in [-0.2, -0.15) is 0 Å². The topological polar surface area (TPSA) is 61.9 Å². The molecule has 1 N–H and O–H groups in total. The first-order chi connectivity index (χ1) is 13.6. The van der Waals surface area contributed by atoms with Crippen LogP contribution in [0.5, 0.6) is 0 Å². The number of amides is 1. The van der Waals surface area contributed by atoms with Gasteiger partial charge in [0.15, 0.2) is 0 Å². The fraction of sp³-hybridized carbons (Fsp3) is 0.636. The Bertz CT molecular complexity index is 721. The van der Waals surface area contributed by atoms with Crippen LogP contribution in [0, 0.1) is 5.41 Å². The van der Waals surface area contributed by atoms with E-state index in [0.717, 1.165) is 69.8 Å². The molecule has 0 aromatic heterocycles. The van der Waals surface area contributed by atoms with E-state index < -0.39 is 0 Å². The minimum absolute atomic E-state index is 0.0442. The summed E-state index contributed by atoms with van der Waals surface area (Å²) in [5.74, 6) is 0.0200. The van der Waals surface area contributed by atoms with Gasteiger partial charge in [0, 0.05) is 46.1 Å². The summed E-state index contributed by atoms with van der Waals surface area (Å²) in [7, 11) is 0. The zero-order valence-electron chi connectivity index (χ0n) is 16.8. The third kappa shape index (κ3) is 4.02. The molecule has 3 aliphatic rings. The Balaban J connectivity index is 1.26. The number of piperazine rings is 1. The van der Waals surface area contributed by atoms with E-state index in [1.807, 2.05) is 18.2 Å². The molecule has 1 aliphatic carbocycles. The number of rotatable bonds is 5. The van der Waals surface area contributed by atoms with E-state index in [9.17, 15) is 9.59 Å². The molecule has 1 atom stereocenters. The summed E-state index contributed by atoms with van der Waals surface area (Å²) in [6.07, 6.45) is 6.35. The Morgan fingerprint density at radius 2 is 1.89 bits per heavy atom. The van der Waals surface area contributed by atoms with Crippen molar-refractivity contribution in [2.24, 2.45) is 5.41 Å². The Kier molecular flexibility index (Phi) is 5.58.